The zero-order valence-corrected chi connectivity index (χ0v) is 26.1. The van der Waals surface area contributed by atoms with Gasteiger partial charge in [0.1, 0.15) is 12.6 Å². The number of hydrogen-bond donors (Lipinski definition) is 2. The Morgan fingerprint density at radius 3 is 1.93 bits per heavy atom. The van der Waals surface area contributed by atoms with Gasteiger partial charge in [0.25, 0.3) is 0 Å². The quantitative estimate of drug-likeness (QED) is 0.0553. The lowest BCUT2D eigenvalue weighted by Crippen LogP contribution is -2.28. The fraction of sp³-hybridized carbons (Fsp3) is 0.686. The Hall–Kier alpha value is -2.63. The minimum Gasteiger partial charge on any atom is -0.480 e. The van der Waals surface area contributed by atoms with Crippen molar-refractivity contribution >= 4 is 17.8 Å². The van der Waals surface area contributed by atoms with Gasteiger partial charge in [-0.3, -0.25) is 14.4 Å². The van der Waals surface area contributed by atoms with Gasteiger partial charge in [-0.25, -0.2) is 0 Å². The Morgan fingerprint density at radius 1 is 0.683 bits per heavy atom. The fourth-order valence-corrected chi connectivity index (χ4v) is 4.33. The number of unbranched alkanes of at least 4 members (excludes halogenated alkanes) is 11. The topological polar surface area (TPSA) is 92.7 Å². The van der Waals surface area contributed by atoms with Crippen LogP contribution < -0.4 is 5.32 Å². The van der Waals surface area contributed by atoms with Crippen molar-refractivity contribution in [3.63, 3.8) is 0 Å². The number of hydrogen-bond acceptors (Lipinski definition) is 4. The lowest BCUT2D eigenvalue weighted by atomic mass is 10.1. The van der Waals surface area contributed by atoms with E-state index in [-0.39, 0.29) is 24.5 Å². The zero-order valence-electron chi connectivity index (χ0n) is 26.1. The highest BCUT2D eigenvalue weighted by Crippen LogP contribution is 2.14. The smallest absolute Gasteiger partial charge is 0.322 e. The summed E-state index contributed by atoms with van der Waals surface area (Å²) < 4.78 is 5.77. The van der Waals surface area contributed by atoms with Crippen LogP contribution in [0.3, 0.4) is 0 Å². The number of carbonyl (C=O) groups is 3. The lowest BCUT2D eigenvalue weighted by molar-refractivity contribution is -0.147. The maximum absolute atomic E-state index is 12.4. The summed E-state index contributed by atoms with van der Waals surface area (Å²) in [7, 11) is 0. The minimum atomic E-state index is -1.03. The second-order valence-corrected chi connectivity index (χ2v) is 10.7. The van der Waals surface area contributed by atoms with Gasteiger partial charge in [0.15, 0.2) is 0 Å². The Labute approximate surface area is 250 Å². The summed E-state index contributed by atoms with van der Waals surface area (Å²) in [4.78, 5) is 34.5. The molecule has 0 aromatic heterocycles. The Bertz CT molecular complexity index is 769. The van der Waals surface area contributed by atoms with E-state index >= 15 is 0 Å². The molecule has 0 saturated heterocycles. The van der Waals surface area contributed by atoms with Crippen molar-refractivity contribution < 1.29 is 24.2 Å². The maximum Gasteiger partial charge on any atom is 0.322 e. The number of esters is 1. The molecule has 6 heteroatoms. The molecule has 1 atom stereocenters. The monoisotopic (exact) mass is 573 g/mol. The number of ether oxygens (including phenoxy) is 1. The summed E-state index contributed by atoms with van der Waals surface area (Å²) in [6, 6.07) is 0. The molecule has 41 heavy (non-hydrogen) atoms. The number of carbonyl (C=O) groups excluding carboxylic acids is 2. The third-order valence-corrected chi connectivity index (χ3v) is 6.70. The van der Waals surface area contributed by atoms with E-state index < -0.39 is 5.97 Å². The van der Waals surface area contributed by atoms with Gasteiger partial charge in [-0.1, -0.05) is 108 Å². The van der Waals surface area contributed by atoms with Crippen LogP contribution in [0, 0.1) is 0 Å². The van der Waals surface area contributed by atoms with Crippen molar-refractivity contribution in [1.82, 2.24) is 5.32 Å². The van der Waals surface area contributed by atoms with E-state index in [9.17, 15) is 14.4 Å². The molecule has 0 fully saturated rings. The zero-order chi connectivity index (χ0) is 30.2. The molecular weight excluding hydrogens is 514 g/mol. The SMILES string of the molecule is CC/C=C\C/C=C\C/C=C\CCCCCCCCCC(=O)OC(/C=C\CCC)CCCCCCC(=O)NCC(=O)O. The van der Waals surface area contributed by atoms with Gasteiger partial charge in [0.05, 0.1) is 0 Å². The van der Waals surface area contributed by atoms with E-state index in [1.54, 1.807) is 0 Å². The van der Waals surface area contributed by atoms with E-state index in [1.807, 2.05) is 6.08 Å². The van der Waals surface area contributed by atoms with Crippen molar-refractivity contribution in [1.29, 1.82) is 0 Å². The standard InChI is InChI=1S/C35H59NO5/c1-3-5-7-8-9-10-11-12-13-14-15-16-17-18-19-20-26-30-35(40)41-32(27-23-6-4-2)28-24-21-22-25-29-33(37)36-31-34(38)39/h5,7,9-10,12-13,23,27,32H,3-4,6,8,11,14-22,24-26,28-31H2,1-2H3,(H,36,37)(H,38,39)/b7-5-,10-9-,13-12-,27-23-. The van der Waals surface area contributed by atoms with Crippen molar-refractivity contribution in [2.75, 3.05) is 6.54 Å². The number of aliphatic carboxylic acids is 1. The van der Waals surface area contributed by atoms with E-state index in [1.165, 1.54) is 32.1 Å². The molecule has 0 aliphatic rings. The summed E-state index contributed by atoms with van der Waals surface area (Å²) in [6.07, 6.45) is 37.0. The van der Waals surface area contributed by atoms with E-state index in [2.05, 4.69) is 61.7 Å². The summed E-state index contributed by atoms with van der Waals surface area (Å²) in [5.41, 5.74) is 0. The van der Waals surface area contributed by atoms with E-state index in [0.717, 1.165) is 83.5 Å². The predicted octanol–water partition coefficient (Wildman–Crippen LogP) is 9.17. The molecule has 0 saturated carbocycles. The molecule has 0 rings (SSSR count). The number of rotatable bonds is 28. The second-order valence-electron chi connectivity index (χ2n) is 10.7. The summed E-state index contributed by atoms with van der Waals surface area (Å²) >= 11 is 0. The normalized spacial score (nSPS) is 12.6. The molecule has 234 valence electrons. The molecule has 0 aliphatic carbocycles. The van der Waals surface area contributed by atoms with Gasteiger partial charge in [-0.15, -0.1) is 0 Å². The van der Waals surface area contributed by atoms with Crippen LogP contribution in [-0.2, 0) is 19.1 Å². The first-order valence-electron chi connectivity index (χ1n) is 16.3. The van der Waals surface area contributed by atoms with E-state index in [0.29, 0.717) is 12.8 Å². The van der Waals surface area contributed by atoms with Gasteiger partial charge in [-0.05, 0) is 70.3 Å². The van der Waals surface area contributed by atoms with Gasteiger partial charge < -0.3 is 15.2 Å². The highest BCUT2D eigenvalue weighted by Gasteiger charge is 2.11. The van der Waals surface area contributed by atoms with Crippen LogP contribution in [0.2, 0.25) is 0 Å². The van der Waals surface area contributed by atoms with Gasteiger partial charge in [-0.2, -0.15) is 0 Å². The maximum atomic E-state index is 12.4. The van der Waals surface area contributed by atoms with Gasteiger partial charge >= 0.3 is 11.9 Å². The molecule has 0 spiro atoms. The molecule has 6 nitrogen and oxygen atoms in total. The highest BCUT2D eigenvalue weighted by molar-refractivity contribution is 5.80. The largest absolute Gasteiger partial charge is 0.480 e. The third-order valence-electron chi connectivity index (χ3n) is 6.70. The average Bonchev–Trinajstić information content (AvgIpc) is 2.95. The molecule has 0 bridgehead atoms. The molecular formula is C35H59NO5. The Balaban J connectivity index is 3.87. The number of carboxylic acid groups (broad SMARTS) is 1. The van der Waals surface area contributed by atoms with Crippen LogP contribution in [0.5, 0.6) is 0 Å². The van der Waals surface area contributed by atoms with Gasteiger partial charge in [0.2, 0.25) is 5.91 Å². The highest BCUT2D eigenvalue weighted by atomic mass is 16.5. The first-order valence-corrected chi connectivity index (χ1v) is 16.3. The predicted molar refractivity (Wildman–Crippen MR) is 171 cm³/mol. The fourth-order valence-electron chi connectivity index (χ4n) is 4.33. The minimum absolute atomic E-state index is 0.106. The Kier molecular flexibility index (Phi) is 28.4. The van der Waals surface area contributed by atoms with Crippen LogP contribution in [-0.4, -0.2) is 35.6 Å². The van der Waals surface area contributed by atoms with Crippen molar-refractivity contribution in [3.05, 3.63) is 48.6 Å². The van der Waals surface area contributed by atoms with Crippen LogP contribution in [0.1, 0.15) is 142 Å². The Morgan fingerprint density at radius 2 is 1.27 bits per heavy atom. The van der Waals surface area contributed by atoms with Crippen LogP contribution in [0.15, 0.2) is 48.6 Å². The molecule has 2 N–H and O–H groups in total. The summed E-state index contributed by atoms with van der Waals surface area (Å²) in [5.74, 6) is -1.36. The molecule has 0 radical (unpaired) electrons. The molecule has 0 heterocycles. The number of allylic oxidation sites excluding steroid dienone is 7. The van der Waals surface area contributed by atoms with Crippen LogP contribution in [0.25, 0.3) is 0 Å². The number of amides is 1. The summed E-state index contributed by atoms with van der Waals surface area (Å²) in [6.45, 7) is 3.95. The first-order chi connectivity index (χ1) is 20.0. The molecule has 0 aromatic rings. The molecule has 1 unspecified atom stereocenters. The third kappa shape index (κ3) is 30.2. The van der Waals surface area contributed by atoms with Gasteiger partial charge in [0, 0.05) is 12.8 Å². The first kappa shape index (κ1) is 38.4. The van der Waals surface area contributed by atoms with Crippen LogP contribution >= 0.6 is 0 Å². The summed E-state index contributed by atoms with van der Waals surface area (Å²) in [5, 5.41) is 11.0. The molecule has 1 amide bonds. The molecule has 0 aliphatic heterocycles. The van der Waals surface area contributed by atoms with Crippen LogP contribution in [0.4, 0.5) is 0 Å². The van der Waals surface area contributed by atoms with E-state index in [4.69, 9.17) is 9.84 Å². The number of nitrogens with one attached hydrogen (secondary N) is 1. The second kappa shape index (κ2) is 30.3. The van der Waals surface area contributed by atoms with Crippen molar-refractivity contribution in [2.24, 2.45) is 0 Å². The number of carboxylic acids is 1. The van der Waals surface area contributed by atoms with Crippen molar-refractivity contribution in [3.8, 4) is 0 Å². The lowest BCUT2D eigenvalue weighted by Gasteiger charge is -2.15. The van der Waals surface area contributed by atoms with Crippen molar-refractivity contribution in [2.45, 2.75) is 148 Å². The molecule has 0 aromatic carbocycles. The average molecular weight is 574 g/mol.